The molecule has 0 fully saturated rings. The number of hydrogen-bond acceptors (Lipinski definition) is 4. The van der Waals surface area contributed by atoms with E-state index in [9.17, 15) is 4.79 Å². The molecule has 1 aromatic carbocycles. The lowest BCUT2D eigenvalue weighted by molar-refractivity contribution is 0.0941. The Morgan fingerprint density at radius 3 is 2.76 bits per heavy atom. The molecule has 21 heavy (non-hydrogen) atoms. The molecule has 6 heteroatoms. The number of anilines is 2. The fraction of sp³-hybridized carbons (Fsp3) is 0.133. The summed E-state index contributed by atoms with van der Waals surface area (Å²) < 4.78 is 1.51. The summed E-state index contributed by atoms with van der Waals surface area (Å²) in [7, 11) is 0. The predicted molar refractivity (Wildman–Crippen MR) is 85.5 cm³/mol. The first-order valence-corrected chi connectivity index (χ1v) is 6.32. The van der Waals surface area contributed by atoms with Gasteiger partial charge in [-0.1, -0.05) is 12.1 Å². The average molecular weight is 303 g/mol. The summed E-state index contributed by atoms with van der Waals surface area (Å²) in [5, 5.41) is 4.09. The molecule has 0 amide bonds. The molecule has 0 aliphatic rings. The standard InChI is InChI=1S/C15H14N4O.ClH/c1-10-4-3-5-12(8-10)18-14-13-6-7-19(11(2)20)15(13)17-9-16-14;/h3-9H,1-2H3,(H,16,17,18);1H. The molecule has 2 heterocycles. The third kappa shape index (κ3) is 2.87. The number of carbonyl (C=O) groups excluding carboxylic acids is 1. The Hall–Kier alpha value is -2.40. The monoisotopic (exact) mass is 302 g/mol. The lowest BCUT2D eigenvalue weighted by atomic mass is 10.2. The molecule has 5 nitrogen and oxygen atoms in total. The van der Waals surface area contributed by atoms with Gasteiger partial charge in [-0.05, 0) is 30.7 Å². The fourth-order valence-electron chi connectivity index (χ4n) is 2.16. The highest BCUT2D eigenvalue weighted by atomic mass is 35.5. The van der Waals surface area contributed by atoms with Crippen molar-refractivity contribution in [2.45, 2.75) is 13.8 Å². The van der Waals surface area contributed by atoms with Gasteiger partial charge in [-0.3, -0.25) is 9.36 Å². The van der Waals surface area contributed by atoms with Crippen molar-refractivity contribution in [3.05, 3.63) is 48.4 Å². The van der Waals surface area contributed by atoms with Crippen LogP contribution in [0.2, 0.25) is 0 Å². The molecule has 2 aromatic heterocycles. The van der Waals surface area contributed by atoms with E-state index in [2.05, 4.69) is 15.3 Å². The van der Waals surface area contributed by atoms with Crippen molar-refractivity contribution in [1.29, 1.82) is 0 Å². The number of fused-ring (bicyclic) bond motifs is 1. The van der Waals surface area contributed by atoms with Crippen molar-refractivity contribution in [3.63, 3.8) is 0 Å². The van der Waals surface area contributed by atoms with Gasteiger partial charge < -0.3 is 5.32 Å². The Morgan fingerprint density at radius 1 is 1.24 bits per heavy atom. The average Bonchev–Trinajstić information content (AvgIpc) is 2.84. The van der Waals surface area contributed by atoms with Crippen LogP contribution in [-0.2, 0) is 0 Å². The summed E-state index contributed by atoms with van der Waals surface area (Å²) >= 11 is 0. The van der Waals surface area contributed by atoms with Crippen molar-refractivity contribution >= 4 is 40.9 Å². The first kappa shape index (κ1) is 15.0. The molecule has 3 aromatic rings. The van der Waals surface area contributed by atoms with Crippen LogP contribution in [0.5, 0.6) is 0 Å². The summed E-state index contributed by atoms with van der Waals surface area (Å²) in [4.78, 5) is 19.9. The van der Waals surface area contributed by atoms with Crippen LogP contribution >= 0.6 is 12.4 Å². The highest BCUT2D eigenvalue weighted by Gasteiger charge is 2.10. The third-order valence-electron chi connectivity index (χ3n) is 3.10. The lowest BCUT2D eigenvalue weighted by Gasteiger charge is -2.07. The van der Waals surface area contributed by atoms with E-state index in [4.69, 9.17) is 0 Å². The molecule has 0 saturated heterocycles. The van der Waals surface area contributed by atoms with E-state index in [-0.39, 0.29) is 18.3 Å². The number of aromatic nitrogens is 3. The van der Waals surface area contributed by atoms with Gasteiger partial charge in [-0.15, -0.1) is 12.4 Å². The molecule has 3 rings (SSSR count). The lowest BCUT2D eigenvalue weighted by Crippen LogP contribution is -2.05. The zero-order chi connectivity index (χ0) is 14.1. The highest BCUT2D eigenvalue weighted by molar-refractivity contribution is 5.95. The second-order valence-electron chi connectivity index (χ2n) is 4.66. The number of rotatable bonds is 2. The van der Waals surface area contributed by atoms with E-state index in [0.717, 1.165) is 11.1 Å². The maximum absolute atomic E-state index is 11.5. The summed E-state index contributed by atoms with van der Waals surface area (Å²) in [5.41, 5.74) is 2.74. The van der Waals surface area contributed by atoms with Crippen LogP contribution in [0.4, 0.5) is 11.5 Å². The van der Waals surface area contributed by atoms with Crippen molar-refractivity contribution < 1.29 is 4.79 Å². The molecule has 0 bridgehead atoms. The van der Waals surface area contributed by atoms with E-state index in [1.165, 1.54) is 23.4 Å². The second-order valence-corrected chi connectivity index (χ2v) is 4.66. The molecule has 0 atom stereocenters. The number of nitrogens with one attached hydrogen (secondary N) is 1. The molecule has 0 aliphatic carbocycles. The summed E-state index contributed by atoms with van der Waals surface area (Å²) in [6, 6.07) is 9.87. The maximum atomic E-state index is 11.5. The zero-order valence-electron chi connectivity index (χ0n) is 11.7. The summed E-state index contributed by atoms with van der Waals surface area (Å²) in [5.74, 6) is 0.626. The Labute approximate surface area is 128 Å². The molecule has 0 radical (unpaired) electrons. The van der Waals surface area contributed by atoms with Crippen LogP contribution in [-0.4, -0.2) is 20.4 Å². The predicted octanol–water partition coefficient (Wildman–Crippen LogP) is 3.57. The van der Waals surface area contributed by atoms with E-state index < -0.39 is 0 Å². The van der Waals surface area contributed by atoms with Crippen molar-refractivity contribution in [2.75, 3.05) is 5.32 Å². The molecule has 0 saturated carbocycles. The van der Waals surface area contributed by atoms with Crippen LogP contribution in [0.1, 0.15) is 17.3 Å². The van der Waals surface area contributed by atoms with Crippen LogP contribution in [0.3, 0.4) is 0 Å². The van der Waals surface area contributed by atoms with Crippen LogP contribution in [0.15, 0.2) is 42.9 Å². The van der Waals surface area contributed by atoms with Crippen molar-refractivity contribution in [2.24, 2.45) is 0 Å². The number of aryl methyl sites for hydroxylation is 1. The topological polar surface area (TPSA) is 59.8 Å². The molecular weight excluding hydrogens is 288 g/mol. The Morgan fingerprint density at radius 2 is 2.05 bits per heavy atom. The van der Waals surface area contributed by atoms with Gasteiger partial charge in [0.25, 0.3) is 0 Å². The van der Waals surface area contributed by atoms with Gasteiger partial charge in [-0.25, -0.2) is 9.97 Å². The zero-order valence-corrected chi connectivity index (χ0v) is 12.5. The number of halogens is 1. The molecule has 108 valence electrons. The Kier molecular flexibility index (Phi) is 4.23. The maximum Gasteiger partial charge on any atom is 0.229 e. The Balaban J connectivity index is 0.00000161. The van der Waals surface area contributed by atoms with Gasteiger partial charge in [0.15, 0.2) is 5.65 Å². The molecule has 1 N–H and O–H groups in total. The smallest absolute Gasteiger partial charge is 0.229 e. The molecular formula is C15H15ClN4O. The number of nitrogens with zero attached hydrogens (tertiary/aromatic N) is 3. The van der Waals surface area contributed by atoms with Gasteiger partial charge in [-0.2, -0.15) is 0 Å². The number of carbonyl (C=O) groups is 1. The number of hydrogen-bond donors (Lipinski definition) is 1. The van der Waals surface area contributed by atoms with Crippen LogP contribution in [0, 0.1) is 6.92 Å². The molecule has 0 unspecified atom stereocenters. The fourth-order valence-corrected chi connectivity index (χ4v) is 2.16. The van der Waals surface area contributed by atoms with Gasteiger partial charge in [0.05, 0.1) is 5.39 Å². The van der Waals surface area contributed by atoms with Gasteiger partial charge >= 0.3 is 0 Å². The van der Waals surface area contributed by atoms with E-state index >= 15 is 0 Å². The largest absolute Gasteiger partial charge is 0.340 e. The Bertz CT molecular complexity index is 797. The quantitative estimate of drug-likeness (QED) is 0.786. The number of benzene rings is 1. The van der Waals surface area contributed by atoms with Gasteiger partial charge in [0, 0.05) is 18.8 Å². The van der Waals surface area contributed by atoms with Crippen molar-refractivity contribution in [1.82, 2.24) is 14.5 Å². The van der Waals surface area contributed by atoms with E-state index in [0.29, 0.717) is 11.5 Å². The molecule has 0 aliphatic heterocycles. The first-order chi connectivity index (χ1) is 9.65. The highest BCUT2D eigenvalue weighted by Crippen LogP contribution is 2.24. The third-order valence-corrected chi connectivity index (χ3v) is 3.10. The van der Waals surface area contributed by atoms with Crippen LogP contribution < -0.4 is 5.32 Å². The van der Waals surface area contributed by atoms with Crippen LogP contribution in [0.25, 0.3) is 11.0 Å². The van der Waals surface area contributed by atoms with Gasteiger partial charge in [0.2, 0.25) is 5.91 Å². The van der Waals surface area contributed by atoms with E-state index in [1.807, 2.05) is 37.3 Å². The summed E-state index contributed by atoms with van der Waals surface area (Å²) in [6.07, 6.45) is 3.17. The minimum absolute atomic E-state index is 0. The minimum atomic E-state index is -0.0693. The molecule has 0 spiro atoms. The van der Waals surface area contributed by atoms with E-state index in [1.54, 1.807) is 6.20 Å². The SMILES string of the molecule is CC(=O)n1ccc2c(Nc3cccc(C)c3)ncnc21.Cl. The van der Waals surface area contributed by atoms with Gasteiger partial charge in [0.1, 0.15) is 12.1 Å². The minimum Gasteiger partial charge on any atom is -0.340 e. The second kappa shape index (κ2) is 5.93. The summed E-state index contributed by atoms with van der Waals surface area (Å²) in [6.45, 7) is 3.54. The normalized spacial score (nSPS) is 10.2. The van der Waals surface area contributed by atoms with Crippen molar-refractivity contribution in [3.8, 4) is 0 Å². The first-order valence-electron chi connectivity index (χ1n) is 6.32.